The summed E-state index contributed by atoms with van der Waals surface area (Å²) in [6, 6.07) is 6.13. The summed E-state index contributed by atoms with van der Waals surface area (Å²) in [7, 11) is 0. The molecule has 5 heteroatoms. The van der Waals surface area contributed by atoms with Crippen molar-refractivity contribution in [1.82, 2.24) is 14.8 Å². The van der Waals surface area contributed by atoms with Crippen molar-refractivity contribution in [2.24, 2.45) is 11.8 Å². The maximum atomic E-state index is 12.9. The van der Waals surface area contributed by atoms with Crippen LogP contribution < -0.4 is 4.90 Å². The predicted octanol–water partition coefficient (Wildman–Crippen LogP) is 2.80. The molecule has 4 rings (SSSR count). The molecular formula is C22H32N4O. The van der Waals surface area contributed by atoms with Gasteiger partial charge in [-0.2, -0.15) is 0 Å². The van der Waals surface area contributed by atoms with Crippen LogP contribution in [0.15, 0.2) is 36.5 Å². The summed E-state index contributed by atoms with van der Waals surface area (Å²) in [5.74, 6) is 2.36. The number of hydrogen-bond donors (Lipinski definition) is 0. The number of pyridine rings is 1. The monoisotopic (exact) mass is 368 g/mol. The molecule has 1 aromatic rings. The molecule has 0 saturated carbocycles. The Kier molecular flexibility index (Phi) is 6.07. The minimum absolute atomic E-state index is 0.232. The first-order chi connectivity index (χ1) is 13.3. The van der Waals surface area contributed by atoms with E-state index in [1.807, 2.05) is 12.3 Å². The SMILES string of the molecule is O=C([C@H]1CC=CCC1)N1CCC[C@@H](CN2CCN(c3ccccn3)CC2)C1. The van der Waals surface area contributed by atoms with Gasteiger partial charge in [0.15, 0.2) is 0 Å². The Morgan fingerprint density at radius 2 is 1.96 bits per heavy atom. The van der Waals surface area contributed by atoms with Gasteiger partial charge < -0.3 is 9.80 Å². The van der Waals surface area contributed by atoms with Crippen molar-refractivity contribution in [3.8, 4) is 0 Å². The van der Waals surface area contributed by atoms with E-state index in [-0.39, 0.29) is 5.92 Å². The Morgan fingerprint density at radius 1 is 1.07 bits per heavy atom. The van der Waals surface area contributed by atoms with Gasteiger partial charge in [-0.3, -0.25) is 9.69 Å². The minimum atomic E-state index is 0.232. The molecule has 0 spiro atoms. The molecule has 3 heterocycles. The van der Waals surface area contributed by atoms with Crippen molar-refractivity contribution < 1.29 is 4.79 Å². The molecule has 2 saturated heterocycles. The summed E-state index contributed by atoms with van der Waals surface area (Å²) in [6.07, 6.45) is 11.7. The fourth-order valence-corrected chi connectivity index (χ4v) is 4.76. The van der Waals surface area contributed by atoms with Crippen LogP contribution in [0.5, 0.6) is 0 Å². The maximum Gasteiger partial charge on any atom is 0.226 e. The highest BCUT2D eigenvalue weighted by Crippen LogP contribution is 2.25. The van der Waals surface area contributed by atoms with Crippen LogP contribution >= 0.6 is 0 Å². The van der Waals surface area contributed by atoms with Gasteiger partial charge in [0.2, 0.25) is 5.91 Å². The van der Waals surface area contributed by atoms with Crippen molar-refractivity contribution in [2.75, 3.05) is 50.7 Å². The molecule has 27 heavy (non-hydrogen) atoms. The van der Waals surface area contributed by atoms with Crippen molar-refractivity contribution in [1.29, 1.82) is 0 Å². The van der Waals surface area contributed by atoms with Gasteiger partial charge in [-0.05, 0) is 50.2 Å². The summed E-state index contributed by atoms with van der Waals surface area (Å²) in [5.41, 5.74) is 0. The molecule has 1 aliphatic carbocycles. The first kappa shape index (κ1) is 18.5. The summed E-state index contributed by atoms with van der Waals surface area (Å²) in [6.45, 7) is 7.32. The largest absolute Gasteiger partial charge is 0.354 e. The number of amides is 1. The van der Waals surface area contributed by atoms with Crippen LogP contribution in [-0.2, 0) is 4.79 Å². The minimum Gasteiger partial charge on any atom is -0.354 e. The number of carbonyl (C=O) groups is 1. The van der Waals surface area contributed by atoms with Crippen LogP contribution in [0, 0.1) is 11.8 Å². The van der Waals surface area contributed by atoms with E-state index in [0.29, 0.717) is 11.8 Å². The highest BCUT2D eigenvalue weighted by molar-refractivity contribution is 5.79. The van der Waals surface area contributed by atoms with E-state index >= 15 is 0 Å². The summed E-state index contributed by atoms with van der Waals surface area (Å²) >= 11 is 0. The second-order valence-electron chi connectivity index (χ2n) is 8.25. The summed E-state index contributed by atoms with van der Waals surface area (Å²) < 4.78 is 0. The smallest absolute Gasteiger partial charge is 0.226 e. The van der Waals surface area contributed by atoms with E-state index in [4.69, 9.17) is 0 Å². The number of likely N-dealkylation sites (tertiary alicyclic amines) is 1. The third-order valence-electron chi connectivity index (χ3n) is 6.31. The van der Waals surface area contributed by atoms with Gasteiger partial charge in [0.25, 0.3) is 0 Å². The average Bonchev–Trinajstić information content (AvgIpc) is 2.75. The Balaban J connectivity index is 1.25. The second kappa shape index (κ2) is 8.87. The van der Waals surface area contributed by atoms with Crippen LogP contribution in [0.3, 0.4) is 0 Å². The molecule has 2 aliphatic heterocycles. The molecule has 0 N–H and O–H groups in total. The lowest BCUT2D eigenvalue weighted by Crippen LogP contribution is -2.51. The van der Waals surface area contributed by atoms with Gasteiger partial charge in [0.1, 0.15) is 5.82 Å². The molecule has 0 bridgehead atoms. The van der Waals surface area contributed by atoms with Gasteiger partial charge in [-0.1, -0.05) is 18.2 Å². The fourth-order valence-electron chi connectivity index (χ4n) is 4.76. The molecule has 3 aliphatic rings. The highest BCUT2D eigenvalue weighted by atomic mass is 16.2. The lowest BCUT2D eigenvalue weighted by Gasteiger charge is -2.40. The van der Waals surface area contributed by atoms with E-state index in [1.165, 1.54) is 6.42 Å². The number of aromatic nitrogens is 1. The number of piperazine rings is 1. The van der Waals surface area contributed by atoms with Crippen molar-refractivity contribution in [3.63, 3.8) is 0 Å². The van der Waals surface area contributed by atoms with Gasteiger partial charge in [-0.15, -0.1) is 0 Å². The Labute approximate surface area is 163 Å². The molecule has 0 radical (unpaired) electrons. The Hall–Kier alpha value is -1.88. The molecule has 5 nitrogen and oxygen atoms in total. The summed E-state index contributed by atoms with van der Waals surface area (Å²) in [5, 5.41) is 0. The van der Waals surface area contributed by atoms with E-state index in [9.17, 15) is 4.79 Å². The maximum absolute atomic E-state index is 12.9. The fraction of sp³-hybridized carbons (Fsp3) is 0.636. The van der Waals surface area contributed by atoms with Crippen LogP contribution in [-0.4, -0.2) is 66.5 Å². The van der Waals surface area contributed by atoms with E-state index in [2.05, 4.69) is 44.0 Å². The van der Waals surface area contributed by atoms with Crippen LogP contribution in [0.4, 0.5) is 5.82 Å². The first-order valence-electron chi connectivity index (χ1n) is 10.6. The summed E-state index contributed by atoms with van der Waals surface area (Å²) in [4.78, 5) is 24.5. The third kappa shape index (κ3) is 4.70. The number of allylic oxidation sites excluding steroid dienone is 2. The van der Waals surface area contributed by atoms with Crippen LogP contribution in [0.25, 0.3) is 0 Å². The van der Waals surface area contributed by atoms with Gasteiger partial charge in [0, 0.05) is 57.9 Å². The molecule has 1 amide bonds. The van der Waals surface area contributed by atoms with Crippen molar-refractivity contribution in [2.45, 2.75) is 32.1 Å². The number of carbonyl (C=O) groups excluding carboxylic acids is 1. The van der Waals surface area contributed by atoms with Crippen molar-refractivity contribution in [3.05, 3.63) is 36.5 Å². The average molecular weight is 369 g/mol. The molecule has 0 aromatic carbocycles. The van der Waals surface area contributed by atoms with Crippen LogP contribution in [0.2, 0.25) is 0 Å². The number of hydrogen-bond acceptors (Lipinski definition) is 4. The number of rotatable bonds is 4. The van der Waals surface area contributed by atoms with Gasteiger partial charge >= 0.3 is 0 Å². The molecule has 146 valence electrons. The quantitative estimate of drug-likeness (QED) is 0.766. The lowest BCUT2D eigenvalue weighted by atomic mass is 9.90. The number of anilines is 1. The second-order valence-corrected chi connectivity index (χ2v) is 8.25. The zero-order chi connectivity index (χ0) is 18.5. The number of nitrogens with zero attached hydrogens (tertiary/aromatic N) is 4. The third-order valence-corrected chi connectivity index (χ3v) is 6.31. The normalized spacial score (nSPS) is 27.0. The Bertz CT molecular complexity index is 639. The first-order valence-corrected chi connectivity index (χ1v) is 10.6. The van der Waals surface area contributed by atoms with E-state index < -0.39 is 0 Å². The van der Waals surface area contributed by atoms with Gasteiger partial charge in [0.05, 0.1) is 0 Å². The van der Waals surface area contributed by atoms with Crippen LogP contribution in [0.1, 0.15) is 32.1 Å². The van der Waals surface area contributed by atoms with E-state index in [0.717, 1.165) is 77.3 Å². The molecule has 0 unspecified atom stereocenters. The Morgan fingerprint density at radius 3 is 2.70 bits per heavy atom. The molecule has 2 atom stereocenters. The lowest BCUT2D eigenvalue weighted by molar-refractivity contribution is -0.137. The van der Waals surface area contributed by atoms with E-state index in [1.54, 1.807) is 0 Å². The zero-order valence-electron chi connectivity index (χ0n) is 16.3. The van der Waals surface area contributed by atoms with Crippen molar-refractivity contribution >= 4 is 11.7 Å². The standard InChI is InChI=1S/C22H32N4O/c27-22(20-8-2-1-3-9-20)26-12-6-7-19(18-26)17-24-13-15-25(16-14-24)21-10-4-5-11-23-21/h1-2,4-5,10-11,19-20H,3,6-9,12-18H2/t19-,20-/m0/s1. The highest BCUT2D eigenvalue weighted by Gasteiger charge is 2.30. The molecule has 2 fully saturated rings. The topological polar surface area (TPSA) is 39.7 Å². The molecular weight excluding hydrogens is 336 g/mol. The van der Waals surface area contributed by atoms with Gasteiger partial charge in [-0.25, -0.2) is 4.98 Å². The molecule has 1 aromatic heterocycles. The predicted molar refractivity (Wildman–Crippen MR) is 109 cm³/mol. The number of piperidine rings is 1. The zero-order valence-corrected chi connectivity index (χ0v) is 16.3.